The van der Waals surface area contributed by atoms with E-state index in [1.165, 1.54) is 13.3 Å². The van der Waals surface area contributed by atoms with Crippen molar-refractivity contribution in [1.29, 1.82) is 0 Å². The zero-order valence-corrected chi connectivity index (χ0v) is 17.5. The summed E-state index contributed by atoms with van der Waals surface area (Å²) in [5.74, 6) is -1.94. The molecule has 3 fully saturated rings. The van der Waals surface area contributed by atoms with Gasteiger partial charge in [-0.05, 0) is 43.6 Å². The number of hydrogen-bond donors (Lipinski definition) is 2. The van der Waals surface area contributed by atoms with Crippen LogP contribution >= 0.6 is 11.6 Å². The minimum absolute atomic E-state index is 0.0187. The summed E-state index contributed by atoms with van der Waals surface area (Å²) in [5, 5.41) is 4.11. The second-order valence-corrected chi connectivity index (χ2v) is 8.73. The van der Waals surface area contributed by atoms with Gasteiger partial charge in [0.05, 0.1) is 18.1 Å². The van der Waals surface area contributed by atoms with Crippen LogP contribution < -0.4 is 5.32 Å². The first-order valence-electron chi connectivity index (χ1n) is 10.3. The molecule has 6 nitrogen and oxygen atoms in total. The topological polar surface area (TPSA) is 79.9 Å². The molecule has 3 aromatic rings. The van der Waals surface area contributed by atoms with Gasteiger partial charge < -0.3 is 15.0 Å². The molecule has 0 radical (unpaired) electrons. The summed E-state index contributed by atoms with van der Waals surface area (Å²) in [4.78, 5) is 23.9. The van der Waals surface area contributed by atoms with E-state index in [0.29, 0.717) is 21.6 Å². The van der Waals surface area contributed by atoms with Crippen LogP contribution in [0.1, 0.15) is 25.7 Å². The van der Waals surface area contributed by atoms with Gasteiger partial charge in [-0.25, -0.2) is 18.7 Å². The van der Waals surface area contributed by atoms with Gasteiger partial charge in [0.1, 0.15) is 11.3 Å². The largest absolute Gasteiger partial charge is 0.469 e. The van der Waals surface area contributed by atoms with E-state index >= 15 is 0 Å². The molecule has 0 unspecified atom stereocenters. The smallest absolute Gasteiger partial charge is 0.311 e. The Kier molecular flexibility index (Phi) is 5.04. The van der Waals surface area contributed by atoms with Crippen molar-refractivity contribution in [2.45, 2.75) is 31.7 Å². The van der Waals surface area contributed by atoms with Gasteiger partial charge in [-0.15, -0.1) is 0 Å². The van der Waals surface area contributed by atoms with E-state index in [2.05, 4.69) is 20.3 Å². The van der Waals surface area contributed by atoms with Gasteiger partial charge >= 0.3 is 5.97 Å². The van der Waals surface area contributed by atoms with Crippen LogP contribution in [0.3, 0.4) is 0 Å². The van der Waals surface area contributed by atoms with Crippen molar-refractivity contribution in [3.63, 3.8) is 0 Å². The van der Waals surface area contributed by atoms with E-state index in [4.69, 9.17) is 16.3 Å². The lowest BCUT2D eigenvalue weighted by Crippen LogP contribution is -2.52. The van der Waals surface area contributed by atoms with Crippen molar-refractivity contribution in [2.75, 3.05) is 12.4 Å². The lowest BCUT2D eigenvalue weighted by Gasteiger charge is -2.47. The number of anilines is 1. The number of carbonyl (C=O) groups is 1. The molecule has 2 N–H and O–H groups in total. The molecule has 3 aliphatic rings. The molecule has 31 heavy (non-hydrogen) atoms. The number of aromatic nitrogens is 3. The van der Waals surface area contributed by atoms with E-state index in [1.54, 1.807) is 12.3 Å². The van der Waals surface area contributed by atoms with Crippen LogP contribution in [-0.4, -0.2) is 34.1 Å². The van der Waals surface area contributed by atoms with Gasteiger partial charge in [0.15, 0.2) is 17.5 Å². The monoisotopic (exact) mass is 446 g/mol. The normalized spacial score (nSPS) is 25.0. The van der Waals surface area contributed by atoms with Gasteiger partial charge in [0.2, 0.25) is 0 Å². The number of hydrogen-bond acceptors (Lipinski definition) is 5. The summed E-state index contributed by atoms with van der Waals surface area (Å²) in [6.07, 6.45) is 6.88. The Morgan fingerprint density at radius 1 is 1.19 bits per heavy atom. The van der Waals surface area contributed by atoms with Gasteiger partial charge in [-0.3, -0.25) is 4.79 Å². The fraction of sp³-hybridized carbons (Fsp3) is 0.409. The minimum Gasteiger partial charge on any atom is -0.469 e. The van der Waals surface area contributed by atoms with E-state index < -0.39 is 11.6 Å². The molecule has 0 aliphatic heterocycles. The molecule has 3 aliphatic carbocycles. The first-order chi connectivity index (χ1) is 15.0. The predicted molar refractivity (Wildman–Crippen MR) is 113 cm³/mol. The van der Waals surface area contributed by atoms with Crippen LogP contribution in [0.2, 0.25) is 5.02 Å². The maximum Gasteiger partial charge on any atom is 0.311 e. The Labute approximate surface area is 182 Å². The number of H-pyrrole nitrogens is 1. The first kappa shape index (κ1) is 20.2. The number of nitrogens with one attached hydrogen (secondary N) is 2. The van der Waals surface area contributed by atoms with Crippen molar-refractivity contribution < 1.29 is 18.3 Å². The zero-order valence-electron chi connectivity index (χ0n) is 16.8. The molecule has 6 rings (SSSR count). The van der Waals surface area contributed by atoms with Crippen LogP contribution in [0.25, 0.3) is 22.3 Å². The number of aromatic amines is 1. The molecule has 2 atom stereocenters. The minimum atomic E-state index is -0.803. The Morgan fingerprint density at radius 2 is 1.94 bits per heavy atom. The van der Waals surface area contributed by atoms with Crippen LogP contribution in [0.4, 0.5) is 14.6 Å². The number of halogens is 3. The SMILES string of the molecule is COC(=O)[C@H]1C2CCC(CC2)[C@@H]1Nc1nc(-c2c[nH]c3ncc(Cl)cc23)c(F)cc1F. The van der Waals surface area contributed by atoms with E-state index in [0.717, 1.165) is 31.7 Å². The lowest BCUT2D eigenvalue weighted by molar-refractivity contribution is -0.152. The highest BCUT2D eigenvalue weighted by Crippen LogP contribution is 2.47. The van der Waals surface area contributed by atoms with E-state index in [1.807, 2.05) is 0 Å². The van der Waals surface area contributed by atoms with Crippen LogP contribution in [0, 0.1) is 29.4 Å². The number of fused-ring (bicyclic) bond motifs is 4. The maximum atomic E-state index is 14.7. The number of pyridine rings is 2. The number of esters is 1. The number of rotatable bonds is 4. The molecule has 0 aromatic carbocycles. The summed E-state index contributed by atoms with van der Waals surface area (Å²) in [6, 6.07) is 2.16. The second-order valence-electron chi connectivity index (χ2n) is 8.30. The van der Waals surface area contributed by atoms with Gasteiger partial charge in [0.25, 0.3) is 0 Å². The lowest BCUT2D eigenvalue weighted by atomic mass is 9.61. The summed E-state index contributed by atoms with van der Waals surface area (Å²) in [7, 11) is 1.37. The van der Waals surface area contributed by atoms with Gasteiger partial charge in [0, 0.05) is 35.5 Å². The zero-order chi connectivity index (χ0) is 21.7. The number of methoxy groups -OCH3 is 1. The molecule has 162 valence electrons. The highest BCUT2D eigenvalue weighted by molar-refractivity contribution is 6.31. The van der Waals surface area contributed by atoms with Crippen LogP contribution in [0.15, 0.2) is 24.5 Å². The van der Waals surface area contributed by atoms with Crippen LogP contribution in [0.5, 0.6) is 0 Å². The molecule has 0 saturated heterocycles. The standard InChI is InChI=1S/C22H21ClF2N4O2/c1-31-22(30)17-10-2-4-11(5-3-10)18(17)28-21-16(25)7-15(24)19(29-21)14-9-27-20-13(14)6-12(23)8-26-20/h6-11,17-18H,2-5H2,1H3,(H,26,27)(H,28,29)/t10?,11?,17-,18-/m0/s1. The molecular formula is C22H21ClF2N4O2. The second kappa shape index (κ2) is 7.75. The molecule has 3 aromatic heterocycles. The van der Waals surface area contributed by atoms with Gasteiger partial charge in [-0.1, -0.05) is 11.6 Å². The Bertz CT molecular complexity index is 1160. The molecule has 0 amide bonds. The Balaban J connectivity index is 1.54. The fourth-order valence-electron chi connectivity index (χ4n) is 5.22. The van der Waals surface area contributed by atoms with Gasteiger partial charge in [-0.2, -0.15) is 0 Å². The highest BCUT2D eigenvalue weighted by atomic mass is 35.5. The first-order valence-corrected chi connectivity index (χ1v) is 10.7. The number of carbonyl (C=O) groups excluding carboxylic acids is 1. The average molecular weight is 447 g/mol. The fourth-order valence-corrected chi connectivity index (χ4v) is 5.38. The van der Waals surface area contributed by atoms with Crippen molar-refractivity contribution in [1.82, 2.24) is 15.0 Å². The third-order valence-electron chi connectivity index (χ3n) is 6.68. The third-order valence-corrected chi connectivity index (χ3v) is 6.88. The maximum absolute atomic E-state index is 14.7. The highest BCUT2D eigenvalue weighted by Gasteiger charge is 2.48. The van der Waals surface area contributed by atoms with Crippen molar-refractivity contribution in [2.24, 2.45) is 17.8 Å². The van der Waals surface area contributed by atoms with Crippen LogP contribution in [-0.2, 0) is 9.53 Å². The molecular weight excluding hydrogens is 426 g/mol. The number of nitrogens with zero attached hydrogens (tertiary/aromatic N) is 2. The summed E-state index contributed by atoms with van der Waals surface area (Å²) >= 11 is 6.05. The summed E-state index contributed by atoms with van der Waals surface area (Å²) in [6.45, 7) is 0. The predicted octanol–water partition coefficient (Wildman–Crippen LogP) is 4.95. The van der Waals surface area contributed by atoms with Crippen molar-refractivity contribution in [3.05, 3.63) is 41.2 Å². The molecule has 3 saturated carbocycles. The Morgan fingerprint density at radius 3 is 2.68 bits per heavy atom. The Hall–Kier alpha value is -2.74. The van der Waals surface area contributed by atoms with Crippen molar-refractivity contribution in [3.8, 4) is 11.3 Å². The molecule has 9 heteroatoms. The van der Waals surface area contributed by atoms with E-state index in [-0.39, 0.29) is 41.3 Å². The van der Waals surface area contributed by atoms with Crippen molar-refractivity contribution >= 4 is 34.4 Å². The molecule has 0 spiro atoms. The molecule has 3 heterocycles. The van der Waals surface area contributed by atoms with E-state index in [9.17, 15) is 13.6 Å². The quantitative estimate of drug-likeness (QED) is 0.554. The number of ether oxygens (including phenoxy) is 1. The average Bonchev–Trinajstić information content (AvgIpc) is 3.18. The molecule has 2 bridgehead atoms. The summed E-state index contributed by atoms with van der Waals surface area (Å²) < 4.78 is 34.5. The summed E-state index contributed by atoms with van der Waals surface area (Å²) in [5.41, 5.74) is 0.935. The third kappa shape index (κ3) is 3.43.